The second kappa shape index (κ2) is 5.12. The van der Waals surface area contributed by atoms with Crippen molar-refractivity contribution >= 4 is 20.3 Å². The van der Waals surface area contributed by atoms with Crippen LogP contribution in [0, 0.1) is 0 Å². The lowest BCUT2D eigenvalue weighted by molar-refractivity contribution is -0.0442. The van der Waals surface area contributed by atoms with E-state index in [0.717, 1.165) is 17.7 Å². The van der Waals surface area contributed by atoms with Crippen LogP contribution >= 0.6 is 0 Å². The molecule has 0 aromatic heterocycles. The van der Waals surface area contributed by atoms with E-state index in [2.05, 4.69) is 4.18 Å². The van der Waals surface area contributed by atoms with Gasteiger partial charge in [-0.05, 0) is 17.7 Å². The molecule has 0 amide bonds. The number of hydrogen-bond donors (Lipinski definition) is 1. The summed E-state index contributed by atoms with van der Waals surface area (Å²) in [5.74, 6) is -0.343. The molecule has 1 saturated heterocycles. The fraction of sp³-hybridized carbons (Fsp3) is 0.333. The normalized spacial score (nSPS) is 19.3. The third-order valence-electron chi connectivity index (χ3n) is 2.31. The van der Waals surface area contributed by atoms with Crippen LogP contribution < -0.4 is 8.31 Å². The monoisotopic (exact) mass is 347 g/mol. The first-order valence-corrected chi connectivity index (χ1v) is 8.15. The maximum atomic E-state index is 12.1. The van der Waals surface area contributed by atoms with E-state index in [-0.39, 0.29) is 11.9 Å². The van der Waals surface area contributed by atoms with Gasteiger partial charge in [0.2, 0.25) is 0 Å². The van der Waals surface area contributed by atoms with Gasteiger partial charge in [0, 0.05) is 0 Å². The molecule has 12 heteroatoms. The molecule has 1 aliphatic heterocycles. The van der Waals surface area contributed by atoms with Gasteiger partial charge in [0.15, 0.2) is 0 Å². The lowest BCUT2D eigenvalue weighted by Gasteiger charge is -2.10. The minimum atomic E-state index is -6.07. The van der Waals surface area contributed by atoms with E-state index < -0.39 is 25.8 Å². The van der Waals surface area contributed by atoms with Crippen LogP contribution in [0.4, 0.5) is 13.2 Å². The third kappa shape index (κ3) is 4.06. The molecule has 0 aliphatic carbocycles. The highest BCUT2D eigenvalue weighted by Crippen LogP contribution is 2.31. The second-order valence-corrected chi connectivity index (χ2v) is 7.17. The van der Waals surface area contributed by atoms with E-state index in [1.54, 1.807) is 0 Å². The first kappa shape index (κ1) is 16.0. The zero-order chi connectivity index (χ0) is 15.9. The van der Waals surface area contributed by atoms with Gasteiger partial charge < -0.3 is 8.92 Å². The molecule has 1 heterocycles. The minimum absolute atomic E-state index is 0.0978. The number of nitrogens with one attached hydrogen (secondary N) is 1. The van der Waals surface area contributed by atoms with Crippen molar-refractivity contribution in [3.63, 3.8) is 0 Å². The number of hydrogen-bond acceptors (Lipinski definition) is 6. The maximum absolute atomic E-state index is 12.1. The van der Waals surface area contributed by atoms with E-state index in [9.17, 15) is 30.0 Å². The third-order valence-corrected chi connectivity index (χ3v) is 5.02. The fourth-order valence-corrected chi connectivity index (χ4v) is 3.26. The largest absolute Gasteiger partial charge is 0.512 e. The molecule has 0 spiro atoms. The van der Waals surface area contributed by atoms with Gasteiger partial charge >= 0.3 is 25.8 Å². The van der Waals surface area contributed by atoms with Crippen LogP contribution in [0.2, 0.25) is 0 Å². The van der Waals surface area contributed by atoms with E-state index in [4.69, 9.17) is 4.74 Å². The molecule has 1 aromatic rings. The van der Waals surface area contributed by atoms with Gasteiger partial charge in [-0.2, -0.15) is 21.6 Å². The number of epoxide rings is 1. The molecule has 21 heavy (non-hydrogen) atoms. The van der Waals surface area contributed by atoms with Crippen molar-refractivity contribution in [2.45, 2.75) is 11.6 Å². The number of benzene rings is 1. The van der Waals surface area contributed by atoms with E-state index >= 15 is 0 Å². The van der Waals surface area contributed by atoms with Crippen molar-refractivity contribution in [3.8, 4) is 5.75 Å². The molecule has 2 rings (SSSR count). The summed E-state index contributed by atoms with van der Waals surface area (Å²) in [6, 6.07) is 5.22. The SMILES string of the molecule is O=S(=O)(NS(=O)(=O)C(F)(F)F)Oc1ccc(C2CO2)cc1. The van der Waals surface area contributed by atoms with Gasteiger partial charge in [0.1, 0.15) is 11.9 Å². The number of alkyl halides is 3. The highest BCUT2D eigenvalue weighted by molar-refractivity contribution is 8.03. The smallest absolute Gasteiger partial charge is 0.370 e. The van der Waals surface area contributed by atoms with E-state index in [0.29, 0.717) is 10.7 Å². The molecular weight excluding hydrogens is 339 g/mol. The standard InChI is InChI=1S/C9H8F3NO6S2/c10-9(11,12)20(14,15)13-21(16,17)19-7-3-1-6(2-4-7)8-5-18-8/h1-4,8,13H,5H2. The van der Waals surface area contributed by atoms with Crippen LogP contribution in [0.3, 0.4) is 0 Å². The van der Waals surface area contributed by atoms with Crippen LogP contribution in [-0.4, -0.2) is 29.0 Å². The molecule has 7 nitrogen and oxygen atoms in total. The quantitative estimate of drug-likeness (QED) is 0.791. The van der Waals surface area contributed by atoms with Crippen molar-refractivity contribution in [1.29, 1.82) is 0 Å². The molecule has 1 fully saturated rings. The first-order chi connectivity index (χ1) is 9.50. The van der Waals surface area contributed by atoms with Gasteiger partial charge in [-0.1, -0.05) is 16.3 Å². The summed E-state index contributed by atoms with van der Waals surface area (Å²) in [6.45, 7) is 0.518. The Labute approximate surface area is 118 Å². The average molecular weight is 347 g/mol. The van der Waals surface area contributed by atoms with Gasteiger partial charge in [0.25, 0.3) is 0 Å². The van der Waals surface area contributed by atoms with Crippen molar-refractivity contribution in [2.24, 2.45) is 0 Å². The summed E-state index contributed by atoms with van der Waals surface area (Å²) in [6.07, 6.45) is -0.0978. The molecule has 0 saturated carbocycles. The Bertz CT molecular complexity index is 722. The highest BCUT2D eigenvalue weighted by Gasteiger charge is 2.48. The Morgan fingerprint density at radius 3 is 2.10 bits per heavy atom. The first-order valence-electron chi connectivity index (χ1n) is 5.26. The molecule has 1 aromatic carbocycles. The number of ether oxygens (including phenoxy) is 1. The maximum Gasteiger partial charge on any atom is 0.512 e. The molecule has 118 valence electrons. The van der Waals surface area contributed by atoms with E-state index in [1.165, 1.54) is 12.1 Å². The van der Waals surface area contributed by atoms with Crippen LogP contribution in [0.15, 0.2) is 24.3 Å². The lowest BCUT2D eigenvalue weighted by atomic mass is 10.2. The summed E-state index contributed by atoms with van der Waals surface area (Å²) in [7, 11) is -11.3. The summed E-state index contributed by atoms with van der Waals surface area (Å²) in [5, 5.41) is 0. The van der Waals surface area contributed by atoms with Crippen LogP contribution in [-0.2, 0) is 25.1 Å². The molecule has 0 bridgehead atoms. The van der Waals surface area contributed by atoms with Crippen molar-refractivity contribution in [2.75, 3.05) is 6.61 Å². The Kier molecular flexibility index (Phi) is 3.90. The summed E-state index contributed by atoms with van der Waals surface area (Å²) >= 11 is 0. The summed E-state index contributed by atoms with van der Waals surface area (Å²) < 4.78 is 89.7. The lowest BCUT2D eigenvalue weighted by Crippen LogP contribution is -2.42. The summed E-state index contributed by atoms with van der Waals surface area (Å²) in [5.41, 5.74) is -5.04. The molecule has 1 atom stereocenters. The molecule has 1 unspecified atom stereocenters. The van der Waals surface area contributed by atoms with Crippen LogP contribution in [0.25, 0.3) is 0 Å². The zero-order valence-electron chi connectivity index (χ0n) is 9.99. The Hall–Kier alpha value is -1.37. The van der Waals surface area contributed by atoms with Gasteiger partial charge in [-0.15, -0.1) is 0 Å². The molecular formula is C9H8F3NO6S2. The molecule has 1 aliphatic rings. The Morgan fingerprint density at radius 1 is 1.14 bits per heavy atom. The second-order valence-electron chi connectivity index (χ2n) is 3.96. The van der Waals surface area contributed by atoms with Crippen molar-refractivity contribution < 1.29 is 38.9 Å². The Balaban J connectivity index is 2.10. The van der Waals surface area contributed by atoms with Crippen molar-refractivity contribution in [1.82, 2.24) is 4.13 Å². The van der Waals surface area contributed by atoms with Crippen molar-refractivity contribution in [3.05, 3.63) is 29.8 Å². The number of sulfonamides is 1. The van der Waals surface area contributed by atoms with Crippen LogP contribution in [0.1, 0.15) is 11.7 Å². The number of rotatable bonds is 5. The Morgan fingerprint density at radius 2 is 1.67 bits per heavy atom. The topological polar surface area (TPSA) is 102 Å². The number of halogens is 3. The summed E-state index contributed by atoms with van der Waals surface area (Å²) in [4.78, 5) is 0. The van der Waals surface area contributed by atoms with Crippen LogP contribution in [0.5, 0.6) is 5.75 Å². The fourth-order valence-electron chi connectivity index (χ4n) is 1.30. The predicted octanol–water partition coefficient (Wildman–Crippen LogP) is 0.821. The van der Waals surface area contributed by atoms with Gasteiger partial charge in [-0.25, -0.2) is 8.42 Å². The van der Waals surface area contributed by atoms with Gasteiger partial charge in [0.05, 0.1) is 6.61 Å². The molecule has 1 N–H and O–H groups in total. The van der Waals surface area contributed by atoms with Gasteiger partial charge in [-0.3, -0.25) is 0 Å². The van der Waals surface area contributed by atoms with E-state index in [1.807, 2.05) is 0 Å². The highest BCUT2D eigenvalue weighted by atomic mass is 32.3. The average Bonchev–Trinajstić information content (AvgIpc) is 3.10. The zero-order valence-corrected chi connectivity index (χ0v) is 11.6. The predicted molar refractivity (Wildman–Crippen MR) is 62.8 cm³/mol. The molecule has 0 radical (unpaired) electrons. The minimum Gasteiger partial charge on any atom is -0.370 e.